The van der Waals surface area contributed by atoms with Crippen LogP contribution in [0.15, 0.2) is 102 Å². The molecule has 5 aromatic rings. The molecule has 0 radical (unpaired) electrons. The van der Waals surface area contributed by atoms with Crippen LogP contribution in [-0.4, -0.2) is 15.5 Å². The van der Waals surface area contributed by atoms with E-state index in [-0.39, 0.29) is 11.3 Å². The van der Waals surface area contributed by atoms with Crippen molar-refractivity contribution in [2.45, 2.75) is 6.54 Å². The summed E-state index contributed by atoms with van der Waals surface area (Å²) in [6.45, 7) is 0.545. The van der Waals surface area contributed by atoms with Crippen molar-refractivity contribution in [3.8, 4) is 5.75 Å². The van der Waals surface area contributed by atoms with Crippen LogP contribution < -0.4 is 4.74 Å². The Morgan fingerprint density at radius 2 is 1.53 bits per heavy atom. The molecule has 0 bridgehead atoms. The fourth-order valence-electron chi connectivity index (χ4n) is 3.91. The van der Waals surface area contributed by atoms with E-state index in [2.05, 4.69) is 20.5 Å². The van der Waals surface area contributed by atoms with Gasteiger partial charge < -0.3 is 9.30 Å². The third-order valence-electron chi connectivity index (χ3n) is 5.67. The Labute approximate surface area is 226 Å². The van der Waals surface area contributed by atoms with Gasteiger partial charge in [0.2, 0.25) is 0 Å². The summed E-state index contributed by atoms with van der Waals surface area (Å²) in [5, 5.41) is 0.763. The third kappa shape index (κ3) is 5.09. The molecule has 0 aliphatic carbocycles. The number of halogens is 3. The van der Waals surface area contributed by atoms with Gasteiger partial charge in [0, 0.05) is 15.1 Å². The standard InChI is InChI=1S/C29H19BrCl2N2O2/c30-22-11-3-1-9-19(22)18-34-26-15-7-6-14-25(26)33-28(34)17-21(20-10-2-4-12-23(20)31)29(35)36-27-16-8-5-13-24(27)32/h1-17H,18H2. The lowest BCUT2D eigenvalue weighted by molar-refractivity contribution is -0.127. The zero-order valence-corrected chi connectivity index (χ0v) is 22.0. The summed E-state index contributed by atoms with van der Waals surface area (Å²) in [6.07, 6.45) is 1.72. The first-order valence-corrected chi connectivity index (χ1v) is 12.7. The van der Waals surface area contributed by atoms with Gasteiger partial charge in [-0.25, -0.2) is 9.78 Å². The molecular weight excluding hydrogens is 559 g/mol. The Balaban J connectivity index is 1.66. The lowest BCUT2D eigenvalue weighted by atomic mass is 10.1. The highest BCUT2D eigenvalue weighted by atomic mass is 79.9. The number of carbonyl (C=O) groups is 1. The first-order chi connectivity index (χ1) is 17.5. The lowest BCUT2D eigenvalue weighted by Gasteiger charge is -2.13. The van der Waals surface area contributed by atoms with Crippen LogP contribution in [0.2, 0.25) is 10.0 Å². The van der Waals surface area contributed by atoms with Gasteiger partial charge in [-0.2, -0.15) is 0 Å². The molecular formula is C29H19BrCl2N2O2. The summed E-state index contributed by atoms with van der Waals surface area (Å²) in [5.41, 5.74) is 3.64. The Morgan fingerprint density at radius 3 is 2.31 bits per heavy atom. The minimum atomic E-state index is -0.587. The predicted octanol–water partition coefficient (Wildman–Crippen LogP) is 8.30. The summed E-state index contributed by atoms with van der Waals surface area (Å²) in [7, 11) is 0. The van der Waals surface area contributed by atoms with Crippen LogP contribution >= 0.6 is 39.1 Å². The van der Waals surface area contributed by atoms with Crippen LogP contribution in [0.1, 0.15) is 17.0 Å². The number of benzene rings is 4. The molecule has 0 aliphatic heterocycles. The minimum Gasteiger partial charge on any atom is -0.421 e. The molecule has 0 unspecified atom stereocenters. The molecule has 1 aromatic heterocycles. The van der Waals surface area contributed by atoms with Gasteiger partial charge in [-0.3, -0.25) is 0 Å². The Kier molecular flexibility index (Phi) is 7.23. The molecule has 0 saturated heterocycles. The van der Waals surface area contributed by atoms with Crippen molar-refractivity contribution < 1.29 is 9.53 Å². The van der Waals surface area contributed by atoms with Crippen molar-refractivity contribution in [3.05, 3.63) is 129 Å². The Bertz CT molecular complexity index is 1610. The van der Waals surface area contributed by atoms with Crippen LogP contribution in [0.25, 0.3) is 22.7 Å². The number of rotatable bonds is 6. The molecule has 1 heterocycles. The maximum Gasteiger partial charge on any atom is 0.344 e. The molecule has 5 rings (SSSR count). The van der Waals surface area contributed by atoms with Crippen molar-refractivity contribution in [3.63, 3.8) is 0 Å². The SMILES string of the molecule is O=C(Oc1ccccc1Cl)C(=Cc1nc2ccccc2n1Cc1ccccc1Br)c1ccccc1Cl. The highest BCUT2D eigenvalue weighted by Gasteiger charge is 2.21. The number of esters is 1. The van der Waals surface area contributed by atoms with Gasteiger partial charge in [-0.05, 0) is 48.0 Å². The number of ether oxygens (including phenoxy) is 1. The minimum absolute atomic E-state index is 0.267. The van der Waals surface area contributed by atoms with E-state index >= 15 is 0 Å². The Morgan fingerprint density at radius 1 is 0.861 bits per heavy atom. The molecule has 7 heteroatoms. The van der Waals surface area contributed by atoms with Crippen molar-refractivity contribution in [1.29, 1.82) is 0 Å². The normalized spacial score (nSPS) is 11.6. The number of nitrogens with zero attached hydrogens (tertiary/aromatic N) is 2. The molecule has 36 heavy (non-hydrogen) atoms. The fraction of sp³-hybridized carbons (Fsp3) is 0.0345. The molecule has 0 amide bonds. The molecule has 0 aliphatic rings. The molecule has 0 atom stereocenters. The highest BCUT2D eigenvalue weighted by molar-refractivity contribution is 9.10. The van der Waals surface area contributed by atoms with E-state index in [4.69, 9.17) is 32.9 Å². The van der Waals surface area contributed by atoms with Gasteiger partial charge in [-0.1, -0.05) is 99.8 Å². The van der Waals surface area contributed by atoms with Crippen LogP contribution in [0.5, 0.6) is 5.75 Å². The maximum atomic E-state index is 13.5. The first kappa shape index (κ1) is 24.3. The number of hydrogen-bond acceptors (Lipinski definition) is 3. The van der Waals surface area contributed by atoms with Crippen molar-refractivity contribution >= 4 is 67.8 Å². The van der Waals surface area contributed by atoms with Gasteiger partial charge >= 0.3 is 5.97 Å². The predicted molar refractivity (Wildman–Crippen MR) is 149 cm³/mol. The monoisotopic (exact) mass is 576 g/mol. The average Bonchev–Trinajstić information content (AvgIpc) is 3.23. The number of hydrogen-bond donors (Lipinski definition) is 0. The van der Waals surface area contributed by atoms with E-state index in [1.807, 2.05) is 60.7 Å². The van der Waals surface area contributed by atoms with Crippen LogP contribution in [0.4, 0.5) is 0 Å². The van der Waals surface area contributed by atoms with E-state index in [9.17, 15) is 4.79 Å². The summed E-state index contributed by atoms with van der Waals surface area (Å²) in [4.78, 5) is 18.3. The van der Waals surface area contributed by atoms with Gasteiger partial charge in [0.25, 0.3) is 0 Å². The molecule has 0 spiro atoms. The molecule has 0 fully saturated rings. The zero-order valence-electron chi connectivity index (χ0n) is 18.9. The lowest BCUT2D eigenvalue weighted by Crippen LogP contribution is -2.12. The second kappa shape index (κ2) is 10.7. The van der Waals surface area contributed by atoms with E-state index in [0.717, 1.165) is 21.1 Å². The van der Waals surface area contributed by atoms with Gasteiger partial charge in [0.05, 0.1) is 28.2 Å². The van der Waals surface area contributed by atoms with Gasteiger partial charge in [0.1, 0.15) is 11.6 Å². The second-order valence-electron chi connectivity index (χ2n) is 7.99. The van der Waals surface area contributed by atoms with Gasteiger partial charge in [-0.15, -0.1) is 0 Å². The van der Waals surface area contributed by atoms with E-state index in [0.29, 0.717) is 28.0 Å². The topological polar surface area (TPSA) is 44.1 Å². The highest BCUT2D eigenvalue weighted by Crippen LogP contribution is 2.31. The largest absolute Gasteiger partial charge is 0.421 e. The summed E-state index contributed by atoms with van der Waals surface area (Å²) < 4.78 is 8.75. The second-order valence-corrected chi connectivity index (χ2v) is 9.66. The van der Waals surface area contributed by atoms with Crippen LogP contribution in [-0.2, 0) is 11.3 Å². The third-order valence-corrected chi connectivity index (χ3v) is 7.08. The van der Waals surface area contributed by atoms with E-state index in [1.54, 1.807) is 42.5 Å². The average molecular weight is 578 g/mol. The fourth-order valence-corrected chi connectivity index (χ4v) is 4.73. The summed E-state index contributed by atoms with van der Waals surface area (Å²) in [6, 6.07) is 29.9. The maximum absolute atomic E-state index is 13.5. The number of para-hydroxylation sites is 3. The van der Waals surface area contributed by atoms with Crippen LogP contribution in [0.3, 0.4) is 0 Å². The van der Waals surface area contributed by atoms with Crippen molar-refractivity contribution in [2.75, 3.05) is 0 Å². The number of carbonyl (C=O) groups excluding carboxylic acids is 1. The first-order valence-electron chi connectivity index (χ1n) is 11.1. The number of imidazole rings is 1. The quantitative estimate of drug-likeness (QED) is 0.116. The summed E-state index contributed by atoms with van der Waals surface area (Å²) >= 11 is 16.4. The molecule has 178 valence electrons. The van der Waals surface area contributed by atoms with E-state index < -0.39 is 5.97 Å². The molecule has 4 aromatic carbocycles. The van der Waals surface area contributed by atoms with Crippen molar-refractivity contribution in [1.82, 2.24) is 9.55 Å². The molecule has 4 nitrogen and oxygen atoms in total. The van der Waals surface area contributed by atoms with Crippen LogP contribution in [0, 0.1) is 0 Å². The number of fused-ring (bicyclic) bond motifs is 1. The molecule has 0 saturated carbocycles. The Hall–Kier alpha value is -3.38. The van der Waals surface area contributed by atoms with Crippen molar-refractivity contribution in [2.24, 2.45) is 0 Å². The number of aromatic nitrogens is 2. The van der Waals surface area contributed by atoms with E-state index in [1.165, 1.54) is 0 Å². The zero-order chi connectivity index (χ0) is 25.1. The van der Waals surface area contributed by atoms with Gasteiger partial charge in [0.15, 0.2) is 0 Å². The smallest absolute Gasteiger partial charge is 0.344 e. The molecule has 0 N–H and O–H groups in total. The summed E-state index contributed by atoms with van der Waals surface area (Å²) in [5.74, 6) is 0.275.